The Morgan fingerprint density at radius 2 is 2.00 bits per heavy atom. The molecule has 192 valence electrons. The first-order chi connectivity index (χ1) is 17.6. The number of thioether (sulfide) groups is 1. The Morgan fingerprint density at radius 1 is 1.24 bits per heavy atom. The molecule has 1 amide bonds. The maximum atomic E-state index is 14.5. The summed E-state index contributed by atoms with van der Waals surface area (Å²) in [5.74, 6) is -5.75. The van der Waals surface area contributed by atoms with Crippen LogP contribution in [-0.2, 0) is 4.79 Å². The van der Waals surface area contributed by atoms with E-state index in [1.807, 2.05) is 11.4 Å². The third-order valence-corrected chi connectivity index (χ3v) is 8.44. The quantitative estimate of drug-likeness (QED) is 0.318. The number of thiophene rings is 1. The number of aromatic nitrogens is 1. The summed E-state index contributed by atoms with van der Waals surface area (Å²) in [4.78, 5) is 29.8. The van der Waals surface area contributed by atoms with Crippen LogP contribution in [0.3, 0.4) is 0 Å². The number of hydrogen-bond donors (Lipinski definition) is 3. The van der Waals surface area contributed by atoms with Crippen molar-refractivity contribution >= 4 is 62.9 Å². The highest BCUT2D eigenvalue weighted by Crippen LogP contribution is 2.52. The molecule has 3 aromatic rings. The van der Waals surface area contributed by atoms with Gasteiger partial charge >= 0.3 is 6.18 Å². The number of nitrogens with zero attached hydrogens (tertiary/aromatic N) is 2. The van der Waals surface area contributed by atoms with Crippen LogP contribution in [0.4, 0.5) is 18.3 Å². The molecule has 0 saturated carbocycles. The van der Waals surface area contributed by atoms with Crippen molar-refractivity contribution in [2.75, 3.05) is 11.1 Å². The molecule has 0 aliphatic carbocycles. The van der Waals surface area contributed by atoms with Gasteiger partial charge in [-0.25, -0.2) is 4.98 Å². The summed E-state index contributed by atoms with van der Waals surface area (Å²) >= 11 is 8.99. The number of anilines is 1. The largest absolute Gasteiger partial charge is 0.437 e. The zero-order valence-corrected chi connectivity index (χ0v) is 21.7. The molecule has 3 heterocycles. The lowest BCUT2D eigenvalue weighted by Crippen LogP contribution is -2.66. The summed E-state index contributed by atoms with van der Waals surface area (Å²) in [7, 11) is 0. The topological polar surface area (TPSA) is 115 Å². The first kappa shape index (κ1) is 27.2. The van der Waals surface area contributed by atoms with Crippen molar-refractivity contribution in [3.63, 3.8) is 0 Å². The molecule has 3 N–H and O–H groups in total. The van der Waals surface area contributed by atoms with Gasteiger partial charge in [0.15, 0.2) is 10.9 Å². The molecule has 4 rings (SSSR count). The smallest absolute Gasteiger partial charge is 0.363 e. The summed E-state index contributed by atoms with van der Waals surface area (Å²) < 4.78 is 43.6. The van der Waals surface area contributed by atoms with Crippen LogP contribution < -0.4 is 10.6 Å². The monoisotopic (exact) mass is 584 g/mol. The minimum absolute atomic E-state index is 0.0153. The van der Waals surface area contributed by atoms with Gasteiger partial charge in [0.05, 0.1) is 33.2 Å². The van der Waals surface area contributed by atoms with Crippen molar-refractivity contribution in [1.29, 1.82) is 5.26 Å². The Bertz CT molecular complexity index is 1370. The molecule has 0 fully saturated rings. The first-order valence-electron chi connectivity index (χ1n) is 10.4. The highest BCUT2D eigenvalue weighted by atomic mass is 35.5. The number of rotatable bonds is 7. The van der Waals surface area contributed by atoms with Crippen LogP contribution in [0.5, 0.6) is 0 Å². The van der Waals surface area contributed by atoms with Crippen LogP contribution >= 0.6 is 46.0 Å². The van der Waals surface area contributed by atoms with E-state index in [1.165, 1.54) is 41.9 Å². The van der Waals surface area contributed by atoms with E-state index in [0.717, 1.165) is 22.7 Å². The molecule has 0 radical (unpaired) electrons. The molecule has 37 heavy (non-hydrogen) atoms. The fraction of sp³-hybridized carbons (Fsp3) is 0.217. The molecule has 1 aliphatic rings. The third kappa shape index (κ3) is 5.39. The second-order valence-corrected chi connectivity index (χ2v) is 11.0. The number of hydrogen-bond acceptors (Lipinski definition) is 9. The van der Waals surface area contributed by atoms with Crippen molar-refractivity contribution < 1.29 is 27.9 Å². The Kier molecular flexibility index (Phi) is 7.96. The summed E-state index contributed by atoms with van der Waals surface area (Å²) in [6.45, 7) is 0. The van der Waals surface area contributed by atoms with Crippen molar-refractivity contribution in [3.8, 4) is 6.07 Å². The number of ketones is 1. The molecule has 0 bridgehead atoms. The lowest BCUT2D eigenvalue weighted by atomic mass is 9.70. The van der Waals surface area contributed by atoms with Gasteiger partial charge in [-0.05, 0) is 23.1 Å². The number of carbonyl (C=O) groups excluding carboxylic acids is 2. The zero-order valence-electron chi connectivity index (χ0n) is 18.5. The second-order valence-electron chi connectivity index (χ2n) is 7.74. The van der Waals surface area contributed by atoms with E-state index < -0.39 is 46.2 Å². The van der Waals surface area contributed by atoms with E-state index in [2.05, 4.69) is 10.3 Å². The van der Waals surface area contributed by atoms with Gasteiger partial charge in [-0.1, -0.05) is 47.6 Å². The number of nitrogens with one attached hydrogen (secondary N) is 2. The van der Waals surface area contributed by atoms with Crippen LogP contribution in [0.15, 0.2) is 64.0 Å². The molecule has 7 nitrogen and oxygen atoms in total. The van der Waals surface area contributed by atoms with Crippen molar-refractivity contribution in [1.82, 2.24) is 10.3 Å². The van der Waals surface area contributed by atoms with Crippen LogP contribution in [-0.4, -0.2) is 39.4 Å². The van der Waals surface area contributed by atoms with Gasteiger partial charge in [0.2, 0.25) is 11.6 Å². The van der Waals surface area contributed by atoms with Crippen LogP contribution in [0.1, 0.15) is 21.2 Å². The summed E-state index contributed by atoms with van der Waals surface area (Å²) in [5.41, 5.74) is -3.97. The van der Waals surface area contributed by atoms with Gasteiger partial charge in [-0.2, -0.15) is 18.4 Å². The van der Waals surface area contributed by atoms with Gasteiger partial charge in [-0.15, -0.1) is 22.7 Å². The van der Waals surface area contributed by atoms with Gasteiger partial charge < -0.3 is 15.7 Å². The Hall–Kier alpha value is -2.89. The molecular formula is C23H16ClF3N4O3S3. The van der Waals surface area contributed by atoms with E-state index in [9.17, 15) is 33.1 Å². The summed E-state index contributed by atoms with van der Waals surface area (Å²) in [6, 6.07) is 10.6. The number of carbonyl (C=O) groups is 2. The maximum absolute atomic E-state index is 14.5. The van der Waals surface area contributed by atoms with Crippen molar-refractivity contribution in [3.05, 3.63) is 79.4 Å². The highest BCUT2D eigenvalue weighted by Gasteiger charge is 2.66. The van der Waals surface area contributed by atoms with Gasteiger partial charge in [0.25, 0.3) is 0 Å². The number of alkyl halides is 3. The molecular weight excluding hydrogens is 569 g/mol. The standard InChI is InChI=1S/C23H16ClF3N4O3S3/c24-14-5-2-1-4-12(14)17-13(10-28)20(37-11-16(32)30-21-29-7-9-36-21)31-22(34,23(25,26)27)18(17)19(33)15-6-3-8-35-15/h1-9,17-18,31,34H,11H2,(H,29,30,32)/t17-,18+,22+/m0/s1. The lowest BCUT2D eigenvalue weighted by Gasteiger charge is -2.45. The molecule has 0 spiro atoms. The minimum atomic E-state index is -5.35. The summed E-state index contributed by atoms with van der Waals surface area (Å²) in [5, 5.41) is 28.8. The first-order valence-corrected chi connectivity index (χ1v) is 13.5. The zero-order chi connectivity index (χ0) is 26.8. The number of aliphatic hydroxyl groups is 1. The van der Waals surface area contributed by atoms with Crippen molar-refractivity contribution in [2.24, 2.45) is 5.92 Å². The molecule has 2 aromatic heterocycles. The van der Waals surface area contributed by atoms with E-state index in [-0.39, 0.29) is 21.0 Å². The Morgan fingerprint density at radius 3 is 2.59 bits per heavy atom. The third-order valence-electron chi connectivity index (χ3n) is 5.51. The fourth-order valence-electron chi connectivity index (χ4n) is 3.90. The van der Waals surface area contributed by atoms with E-state index in [1.54, 1.807) is 11.4 Å². The number of nitriles is 1. The predicted octanol–water partition coefficient (Wildman–Crippen LogP) is 5.40. The number of Topliss-reactive ketones (excluding diaryl/α,β-unsaturated/α-hetero) is 1. The molecule has 0 unspecified atom stereocenters. The Labute approximate surface area is 226 Å². The molecule has 3 atom stereocenters. The maximum Gasteiger partial charge on any atom is 0.437 e. The van der Waals surface area contributed by atoms with E-state index >= 15 is 0 Å². The van der Waals surface area contributed by atoms with Gasteiger partial charge in [0.1, 0.15) is 0 Å². The minimum Gasteiger partial charge on any atom is -0.363 e. The van der Waals surface area contributed by atoms with E-state index in [0.29, 0.717) is 16.9 Å². The van der Waals surface area contributed by atoms with Crippen molar-refractivity contribution in [2.45, 2.75) is 17.8 Å². The van der Waals surface area contributed by atoms with Gasteiger partial charge in [0, 0.05) is 22.5 Å². The number of benzene rings is 1. The highest BCUT2D eigenvalue weighted by molar-refractivity contribution is 8.03. The average Bonchev–Trinajstić information content (AvgIpc) is 3.56. The number of halogens is 4. The second kappa shape index (κ2) is 10.8. The number of thiazole rings is 1. The summed E-state index contributed by atoms with van der Waals surface area (Å²) in [6.07, 6.45) is -3.88. The molecule has 1 aliphatic heterocycles. The fourth-order valence-corrected chi connectivity index (χ4v) is 6.31. The van der Waals surface area contributed by atoms with Crippen LogP contribution in [0.25, 0.3) is 0 Å². The Balaban J connectivity index is 1.83. The normalized spacial score (nSPS) is 21.7. The van der Waals surface area contributed by atoms with Crippen LogP contribution in [0, 0.1) is 17.2 Å². The SMILES string of the molecule is N#CC1=C(SCC(=O)Nc2nccs2)N[C@](O)(C(F)(F)F)[C@@H](C(=O)c2cccs2)[C@H]1c1ccccc1Cl. The average molecular weight is 585 g/mol. The predicted molar refractivity (Wildman–Crippen MR) is 136 cm³/mol. The van der Waals surface area contributed by atoms with E-state index in [4.69, 9.17) is 11.6 Å². The lowest BCUT2D eigenvalue weighted by molar-refractivity contribution is -0.285. The molecule has 1 aromatic carbocycles. The number of allylic oxidation sites excluding steroid dienone is 1. The van der Waals surface area contributed by atoms with Crippen LogP contribution in [0.2, 0.25) is 5.02 Å². The molecule has 0 saturated heterocycles. The van der Waals surface area contributed by atoms with Gasteiger partial charge in [-0.3, -0.25) is 9.59 Å². The molecule has 14 heteroatoms. The number of amides is 1.